The molecule has 0 amide bonds. The number of fused-ring (bicyclic) bond motifs is 2. The summed E-state index contributed by atoms with van der Waals surface area (Å²) in [5, 5.41) is 5.41. The van der Waals surface area contributed by atoms with Crippen LogP contribution in [0.3, 0.4) is 0 Å². The van der Waals surface area contributed by atoms with E-state index >= 15 is 0 Å². The van der Waals surface area contributed by atoms with Crippen LogP contribution in [-0.4, -0.2) is 18.4 Å². The molecule has 0 unspecified atom stereocenters. The number of hydrogen-bond donors (Lipinski definition) is 0. The quantitative estimate of drug-likeness (QED) is 0.450. The van der Waals surface area contributed by atoms with Gasteiger partial charge < -0.3 is 0 Å². The Bertz CT molecular complexity index is 720. The van der Waals surface area contributed by atoms with Crippen molar-refractivity contribution in [3.05, 3.63) is 54.6 Å². The minimum atomic E-state index is -1.95. The van der Waals surface area contributed by atoms with Gasteiger partial charge in [-0.05, 0) is 0 Å². The van der Waals surface area contributed by atoms with Crippen LogP contribution in [-0.2, 0) is 0 Å². The first-order valence-corrected chi connectivity index (χ1v) is 16.5. The van der Waals surface area contributed by atoms with E-state index in [1.165, 1.54) is 21.5 Å². The van der Waals surface area contributed by atoms with E-state index < -0.39 is 18.4 Å². The average molecular weight is 341 g/mol. The van der Waals surface area contributed by atoms with E-state index in [2.05, 4.69) is 69.4 Å². The van der Waals surface area contributed by atoms with Gasteiger partial charge in [0, 0.05) is 0 Å². The molecule has 0 saturated carbocycles. The van der Waals surface area contributed by atoms with E-state index in [1.807, 2.05) is 0 Å². The first kappa shape index (κ1) is 12.0. The third kappa shape index (κ3) is 2.14. The predicted octanol–water partition coefficient (Wildman–Crippen LogP) is 4.54. The van der Waals surface area contributed by atoms with Crippen molar-refractivity contribution in [2.75, 3.05) is 0 Å². The summed E-state index contributed by atoms with van der Waals surface area (Å²) in [6.07, 6.45) is 0. The van der Waals surface area contributed by atoms with E-state index in [0.29, 0.717) is 0 Å². The molecule has 0 radical (unpaired) electrons. The van der Waals surface area contributed by atoms with Crippen molar-refractivity contribution in [3.8, 4) is 0 Å². The molecule has 0 aliphatic heterocycles. The number of rotatable bonds is 1. The van der Waals surface area contributed by atoms with Crippen molar-refractivity contribution in [1.29, 1.82) is 0 Å². The minimum absolute atomic E-state index is 1.33. The van der Waals surface area contributed by atoms with E-state index in [9.17, 15) is 0 Å². The van der Waals surface area contributed by atoms with Crippen LogP contribution in [0.2, 0.25) is 14.8 Å². The summed E-state index contributed by atoms with van der Waals surface area (Å²) in [5.74, 6) is 0. The third-order valence-corrected chi connectivity index (χ3v) is 9.40. The normalized spacial score (nSPS) is 12.2. The summed E-state index contributed by atoms with van der Waals surface area (Å²) in [5.41, 5.74) is 0. The van der Waals surface area contributed by atoms with Crippen LogP contribution in [0.25, 0.3) is 21.5 Å². The summed E-state index contributed by atoms with van der Waals surface area (Å²) in [7, 11) is 0. The molecule has 0 nitrogen and oxygen atoms in total. The maximum atomic E-state index is 2.47. The summed E-state index contributed by atoms with van der Waals surface area (Å²) in [4.78, 5) is 7.41. The fourth-order valence-electron chi connectivity index (χ4n) is 2.41. The van der Waals surface area contributed by atoms with Crippen molar-refractivity contribution in [1.82, 2.24) is 0 Å². The van der Waals surface area contributed by atoms with Crippen LogP contribution in [0.4, 0.5) is 0 Å². The summed E-state index contributed by atoms with van der Waals surface area (Å²) < 4.78 is 1.60. The Labute approximate surface area is 113 Å². The molecule has 0 heterocycles. The molecule has 0 bridgehead atoms. The standard InChI is InChI=1S/C14H9.3CH3.Sn/c1-2-6-12-10-14-8-4-3-7-13(14)9-11(12)5-1;;;;/h1-3,5-10H;3*1H3;. The van der Waals surface area contributed by atoms with Crippen molar-refractivity contribution in [3.63, 3.8) is 0 Å². The molecule has 0 aromatic heterocycles. The Hall–Kier alpha value is -1.02. The number of benzene rings is 3. The van der Waals surface area contributed by atoms with Crippen molar-refractivity contribution in [2.45, 2.75) is 14.8 Å². The molecule has 0 N–H and O–H groups in total. The van der Waals surface area contributed by atoms with Crippen molar-refractivity contribution in [2.24, 2.45) is 0 Å². The topological polar surface area (TPSA) is 0 Å². The van der Waals surface area contributed by atoms with Crippen LogP contribution in [0, 0.1) is 0 Å². The van der Waals surface area contributed by atoms with E-state index in [0.717, 1.165) is 0 Å². The monoisotopic (exact) mass is 342 g/mol. The molecular weight excluding hydrogens is 323 g/mol. The first-order chi connectivity index (χ1) is 8.54. The van der Waals surface area contributed by atoms with Gasteiger partial charge in [-0.2, -0.15) is 0 Å². The van der Waals surface area contributed by atoms with Gasteiger partial charge in [0.15, 0.2) is 0 Å². The molecule has 90 valence electrons. The van der Waals surface area contributed by atoms with Gasteiger partial charge in [0.05, 0.1) is 0 Å². The zero-order chi connectivity index (χ0) is 12.8. The van der Waals surface area contributed by atoms with Crippen LogP contribution in [0.1, 0.15) is 0 Å². The molecule has 0 aliphatic carbocycles. The maximum absolute atomic E-state index is 2.47. The van der Waals surface area contributed by atoms with Crippen LogP contribution in [0.15, 0.2) is 54.6 Å². The fourth-order valence-corrected chi connectivity index (χ4v) is 5.75. The SMILES string of the molecule is [CH3][Sn]([CH3])([CH3])[c]1ccc2cc3ccccc3cc2c1. The van der Waals surface area contributed by atoms with Gasteiger partial charge in [0.2, 0.25) is 0 Å². The molecule has 3 rings (SSSR count). The van der Waals surface area contributed by atoms with Gasteiger partial charge in [-0.1, -0.05) is 0 Å². The third-order valence-electron chi connectivity index (χ3n) is 3.57. The Morgan fingerprint density at radius 1 is 0.611 bits per heavy atom. The van der Waals surface area contributed by atoms with Gasteiger partial charge in [0.25, 0.3) is 0 Å². The Balaban J connectivity index is 2.31. The molecule has 3 aromatic carbocycles. The molecule has 0 aliphatic rings. The second-order valence-electron chi connectivity index (χ2n) is 6.01. The molecule has 1 heteroatoms. The van der Waals surface area contributed by atoms with Gasteiger partial charge in [-0.15, -0.1) is 0 Å². The average Bonchev–Trinajstić information content (AvgIpc) is 2.34. The fraction of sp³-hybridized carbons (Fsp3) is 0.176. The van der Waals surface area contributed by atoms with E-state index in [-0.39, 0.29) is 0 Å². The zero-order valence-corrected chi connectivity index (χ0v) is 14.1. The molecule has 3 aromatic rings. The van der Waals surface area contributed by atoms with Gasteiger partial charge in [0.1, 0.15) is 0 Å². The van der Waals surface area contributed by atoms with Gasteiger partial charge in [-0.25, -0.2) is 0 Å². The summed E-state index contributed by atoms with van der Waals surface area (Å²) in [6.45, 7) is 0. The molecule has 0 atom stereocenters. The summed E-state index contributed by atoms with van der Waals surface area (Å²) in [6, 6.07) is 20.3. The van der Waals surface area contributed by atoms with Crippen molar-refractivity contribution >= 4 is 43.5 Å². The Morgan fingerprint density at radius 3 is 1.78 bits per heavy atom. The molecule has 0 spiro atoms. The van der Waals surface area contributed by atoms with E-state index in [1.54, 1.807) is 3.58 Å². The van der Waals surface area contributed by atoms with Gasteiger partial charge in [-0.3, -0.25) is 0 Å². The number of hydrogen-bond acceptors (Lipinski definition) is 0. The van der Waals surface area contributed by atoms with Crippen molar-refractivity contribution < 1.29 is 0 Å². The molecule has 18 heavy (non-hydrogen) atoms. The second-order valence-corrected chi connectivity index (χ2v) is 20.5. The molecule has 0 fully saturated rings. The first-order valence-electron chi connectivity index (χ1n) is 6.47. The predicted molar refractivity (Wildman–Crippen MR) is 84.4 cm³/mol. The molecule has 0 saturated heterocycles. The molecular formula is C17H18Sn. The van der Waals surface area contributed by atoms with Crippen LogP contribution >= 0.6 is 0 Å². The van der Waals surface area contributed by atoms with Crippen LogP contribution < -0.4 is 3.58 Å². The Kier molecular flexibility index (Phi) is 2.85. The van der Waals surface area contributed by atoms with E-state index in [4.69, 9.17) is 0 Å². The summed E-state index contributed by atoms with van der Waals surface area (Å²) >= 11 is -1.95. The zero-order valence-electron chi connectivity index (χ0n) is 11.2. The Morgan fingerprint density at radius 2 is 1.17 bits per heavy atom. The van der Waals surface area contributed by atoms with Gasteiger partial charge >= 0.3 is 113 Å². The second kappa shape index (κ2) is 4.27. The van der Waals surface area contributed by atoms with Crippen LogP contribution in [0.5, 0.6) is 0 Å².